The number of hydrogen-bond acceptors (Lipinski definition) is 7. The third-order valence-corrected chi connectivity index (χ3v) is 6.85. The highest BCUT2D eigenvalue weighted by molar-refractivity contribution is 6.04. The van der Waals surface area contributed by atoms with Gasteiger partial charge in [-0.2, -0.15) is 5.10 Å². The van der Waals surface area contributed by atoms with Crippen LogP contribution >= 0.6 is 0 Å². The van der Waals surface area contributed by atoms with Crippen LogP contribution < -0.4 is 11.1 Å². The Morgan fingerprint density at radius 3 is 2.54 bits per heavy atom. The number of rotatable bonds is 4. The molecular formula is C24H22N8O3. The first-order chi connectivity index (χ1) is 17.0. The molecule has 3 atom stereocenters. The highest BCUT2D eigenvalue weighted by Gasteiger charge is 2.49. The van der Waals surface area contributed by atoms with Crippen LogP contribution in [0.2, 0.25) is 0 Å². The van der Waals surface area contributed by atoms with Crippen molar-refractivity contribution in [2.75, 3.05) is 17.6 Å². The van der Waals surface area contributed by atoms with Gasteiger partial charge in [0.1, 0.15) is 23.7 Å². The lowest BCUT2D eigenvalue weighted by Crippen LogP contribution is -2.42. The van der Waals surface area contributed by atoms with Crippen LogP contribution in [0.3, 0.4) is 0 Å². The van der Waals surface area contributed by atoms with Gasteiger partial charge in [-0.25, -0.2) is 24.4 Å². The standard InChI is InChI=1S/C24H22N8O3/c25-21-19-20(14-4-6-15(7-5-14)23(33)29-18-3-1-2-8-26-18)30-32(22(19)28-12-27-21)17-10-13-9-16(17)31(11-13)24(34)35/h1-8,12-13,16-17H,9-11H2,(H,34,35)(H2,25,27,28)(H,26,29,33)/t13-,16+,17+/m1/s1. The SMILES string of the molecule is Nc1ncnc2c1c(-c1ccc(C(=O)Nc3ccccn3)cc1)nn2[C@H]1C[C@H]2C[C@@H]1N(C(=O)O)C2. The summed E-state index contributed by atoms with van der Waals surface area (Å²) in [5, 5.41) is 17.9. The predicted molar refractivity (Wildman–Crippen MR) is 128 cm³/mol. The maximum Gasteiger partial charge on any atom is 0.407 e. The van der Waals surface area contributed by atoms with Gasteiger partial charge in [0.15, 0.2) is 5.65 Å². The van der Waals surface area contributed by atoms with Crippen molar-refractivity contribution in [3.63, 3.8) is 0 Å². The Morgan fingerprint density at radius 1 is 1.03 bits per heavy atom. The number of carbonyl (C=O) groups excluding carboxylic acids is 1. The number of anilines is 2. The van der Waals surface area contributed by atoms with Crippen LogP contribution in [0, 0.1) is 5.92 Å². The van der Waals surface area contributed by atoms with Gasteiger partial charge in [-0.1, -0.05) is 18.2 Å². The summed E-state index contributed by atoms with van der Waals surface area (Å²) in [6.45, 7) is 0.557. The fourth-order valence-corrected chi connectivity index (χ4v) is 5.31. The summed E-state index contributed by atoms with van der Waals surface area (Å²) in [5.41, 5.74) is 8.64. The van der Waals surface area contributed by atoms with Gasteiger partial charge >= 0.3 is 6.09 Å². The van der Waals surface area contributed by atoms with Crippen LogP contribution in [0.15, 0.2) is 55.0 Å². The molecule has 6 rings (SSSR count). The van der Waals surface area contributed by atoms with Crippen LogP contribution in [0.25, 0.3) is 22.3 Å². The van der Waals surface area contributed by atoms with Crippen molar-refractivity contribution < 1.29 is 14.7 Å². The summed E-state index contributed by atoms with van der Waals surface area (Å²) in [4.78, 5) is 38.6. The van der Waals surface area contributed by atoms with E-state index in [2.05, 4.69) is 20.3 Å². The lowest BCUT2D eigenvalue weighted by atomic mass is 10.1. The van der Waals surface area contributed by atoms with Crippen molar-refractivity contribution >= 4 is 34.7 Å². The van der Waals surface area contributed by atoms with Crippen molar-refractivity contribution in [3.8, 4) is 11.3 Å². The number of aromatic nitrogens is 5. The second-order valence-corrected chi connectivity index (χ2v) is 8.90. The number of piperidine rings is 1. The third kappa shape index (κ3) is 3.52. The molecule has 1 aromatic carbocycles. The molecule has 1 aliphatic heterocycles. The topological polar surface area (TPSA) is 152 Å². The summed E-state index contributed by atoms with van der Waals surface area (Å²) in [6, 6.07) is 12.0. The number of carboxylic acid groups (broad SMARTS) is 1. The van der Waals surface area contributed by atoms with Crippen molar-refractivity contribution in [3.05, 3.63) is 60.6 Å². The molecule has 4 heterocycles. The average molecular weight is 470 g/mol. The molecule has 2 bridgehead atoms. The molecule has 2 aliphatic rings. The Bertz CT molecular complexity index is 1440. The number of amides is 2. The fourth-order valence-electron chi connectivity index (χ4n) is 5.31. The van der Waals surface area contributed by atoms with E-state index in [1.807, 2.05) is 4.68 Å². The second-order valence-electron chi connectivity index (χ2n) is 8.90. The minimum Gasteiger partial charge on any atom is -0.465 e. The van der Waals surface area contributed by atoms with Gasteiger partial charge in [-0.05, 0) is 43.0 Å². The smallest absolute Gasteiger partial charge is 0.407 e. The molecule has 2 amide bonds. The maximum atomic E-state index is 12.6. The van der Waals surface area contributed by atoms with Gasteiger partial charge in [0.2, 0.25) is 0 Å². The first kappa shape index (κ1) is 21.0. The van der Waals surface area contributed by atoms with Crippen LogP contribution in [0.4, 0.5) is 16.4 Å². The fraction of sp³-hybridized carbons (Fsp3) is 0.250. The van der Waals surface area contributed by atoms with Crippen molar-refractivity contribution in [2.24, 2.45) is 5.92 Å². The van der Waals surface area contributed by atoms with E-state index in [1.54, 1.807) is 48.7 Å². The first-order valence-electron chi connectivity index (χ1n) is 11.3. The van der Waals surface area contributed by atoms with E-state index in [9.17, 15) is 14.7 Å². The van der Waals surface area contributed by atoms with Crippen LogP contribution in [0.5, 0.6) is 0 Å². The lowest BCUT2D eigenvalue weighted by molar-refractivity contribution is 0.102. The van der Waals surface area contributed by atoms with E-state index in [-0.39, 0.29) is 18.0 Å². The Labute approximate surface area is 199 Å². The average Bonchev–Trinajstić information content (AvgIpc) is 3.58. The first-order valence-corrected chi connectivity index (χ1v) is 11.3. The highest BCUT2D eigenvalue weighted by atomic mass is 16.4. The van der Waals surface area contributed by atoms with Gasteiger partial charge in [-0.3, -0.25) is 4.79 Å². The number of benzene rings is 1. The summed E-state index contributed by atoms with van der Waals surface area (Å²) in [5.74, 6) is 0.799. The Balaban J connectivity index is 1.35. The van der Waals surface area contributed by atoms with Crippen LogP contribution in [0.1, 0.15) is 29.2 Å². The summed E-state index contributed by atoms with van der Waals surface area (Å²) < 4.78 is 1.81. The van der Waals surface area contributed by atoms with Gasteiger partial charge in [0.05, 0.1) is 17.5 Å². The molecule has 2 fully saturated rings. The number of hydrogen-bond donors (Lipinski definition) is 3. The minimum absolute atomic E-state index is 0.126. The molecule has 1 saturated heterocycles. The molecule has 176 valence electrons. The monoisotopic (exact) mass is 470 g/mol. The van der Waals surface area contributed by atoms with E-state index in [4.69, 9.17) is 10.8 Å². The quantitative estimate of drug-likeness (QED) is 0.411. The number of pyridine rings is 1. The highest BCUT2D eigenvalue weighted by Crippen LogP contribution is 2.46. The zero-order valence-corrected chi connectivity index (χ0v) is 18.6. The molecule has 4 aromatic rings. The Morgan fingerprint density at radius 2 is 1.83 bits per heavy atom. The van der Waals surface area contributed by atoms with Crippen molar-refractivity contribution in [1.29, 1.82) is 0 Å². The number of nitrogens with zero attached hydrogens (tertiary/aromatic N) is 6. The lowest BCUT2D eigenvalue weighted by Gasteiger charge is -2.31. The Kier molecular flexibility index (Phi) is 4.83. The zero-order valence-electron chi connectivity index (χ0n) is 18.6. The summed E-state index contributed by atoms with van der Waals surface area (Å²) in [7, 11) is 0. The molecular weight excluding hydrogens is 448 g/mol. The molecule has 11 heteroatoms. The second kappa shape index (κ2) is 8.05. The summed E-state index contributed by atoms with van der Waals surface area (Å²) in [6.07, 6.45) is 3.74. The third-order valence-electron chi connectivity index (χ3n) is 6.85. The largest absolute Gasteiger partial charge is 0.465 e. The van der Waals surface area contributed by atoms with Crippen molar-refractivity contribution in [2.45, 2.75) is 24.9 Å². The maximum absolute atomic E-state index is 12.6. The molecule has 0 spiro atoms. The molecule has 3 aromatic heterocycles. The molecule has 0 radical (unpaired) electrons. The van der Waals surface area contributed by atoms with Gasteiger partial charge in [-0.15, -0.1) is 0 Å². The van der Waals surface area contributed by atoms with E-state index < -0.39 is 6.09 Å². The molecule has 11 nitrogen and oxygen atoms in total. The van der Waals surface area contributed by atoms with Crippen LogP contribution in [-0.2, 0) is 0 Å². The van der Waals surface area contributed by atoms with E-state index in [0.717, 1.165) is 18.4 Å². The van der Waals surface area contributed by atoms with Gasteiger partial charge < -0.3 is 21.1 Å². The minimum atomic E-state index is -0.910. The number of carbonyl (C=O) groups is 2. The molecule has 0 unspecified atom stereocenters. The van der Waals surface area contributed by atoms with E-state index in [1.165, 1.54) is 11.2 Å². The Hall–Kier alpha value is -4.54. The van der Waals surface area contributed by atoms with Gasteiger partial charge in [0, 0.05) is 23.9 Å². The summed E-state index contributed by atoms with van der Waals surface area (Å²) >= 11 is 0. The number of nitrogen functional groups attached to an aromatic ring is 1. The molecule has 4 N–H and O–H groups in total. The molecule has 1 aliphatic carbocycles. The normalized spacial score (nSPS) is 20.9. The number of nitrogens with one attached hydrogen (secondary N) is 1. The number of fused-ring (bicyclic) bond motifs is 3. The molecule has 1 saturated carbocycles. The zero-order chi connectivity index (χ0) is 24.1. The van der Waals surface area contributed by atoms with Crippen LogP contribution in [-0.4, -0.2) is 59.3 Å². The van der Waals surface area contributed by atoms with E-state index >= 15 is 0 Å². The number of nitrogens with two attached hydrogens (primary N) is 1. The molecule has 35 heavy (non-hydrogen) atoms. The van der Waals surface area contributed by atoms with E-state index in [0.29, 0.717) is 46.4 Å². The number of likely N-dealkylation sites (tertiary alicyclic amines) is 1. The van der Waals surface area contributed by atoms with Gasteiger partial charge in [0.25, 0.3) is 5.91 Å². The predicted octanol–water partition coefficient (Wildman–Crippen LogP) is 3.04. The van der Waals surface area contributed by atoms with Crippen molar-refractivity contribution in [1.82, 2.24) is 29.6 Å².